The quantitative estimate of drug-likeness (QED) is 0.483. The summed E-state index contributed by atoms with van der Waals surface area (Å²) in [6, 6.07) is 21.8. The predicted molar refractivity (Wildman–Crippen MR) is 121 cm³/mol. The maximum Gasteiger partial charge on any atom is 0.322 e. The molecule has 2 N–H and O–H groups in total. The number of sulfonamides is 1. The maximum atomic E-state index is 12.7. The van der Waals surface area contributed by atoms with Crippen LogP contribution < -0.4 is 4.72 Å². The van der Waals surface area contributed by atoms with Gasteiger partial charge in [0.15, 0.2) is 0 Å². The van der Waals surface area contributed by atoms with Crippen LogP contribution in [0.4, 0.5) is 0 Å². The third-order valence-corrected chi connectivity index (χ3v) is 7.18. The molecule has 0 saturated heterocycles. The van der Waals surface area contributed by atoms with Gasteiger partial charge in [-0.3, -0.25) is 4.79 Å². The van der Waals surface area contributed by atoms with Crippen LogP contribution in [-0.2, 0) is 20.6 Å². The van der Waals surface area contributed by atoms with Crippen LogP contribution in [0.2, 0.25) is 5.02 Å². The zero-order chi connectivity index (χ0) is 21.6. The van der Waals surface area contributed by atoms with E-state index >= 15 is 0 Å². The van der Waals surface area contributed by atoms with Gasteiger partial charge >= 0.3 is 5.97 Å². The topological polar surface area (TPSA) is 83.5 Å². The largest absolute Gasteiger partial charge is 0.480 e. The van der Waals surface area contributed by atoms with E-state index in [4.69, 9.17) is 11.6 Å². The number of nitrogens with one attached hydrogen (secondary N) is 1. The highest BCUT2D eigenvalue weighted by atomic mass is 35.5. The van der Waals surface area contributed by atoms with Crippen molar-refractivity contribution in [1.29, 1.82) is 0 Å². The fourth-order valence-corrected chi connectivity index (χ4v) is 5.18. The fourth-order valence-electron chi connectivity index (χ4n) is 2.75. The van der Waals surface area contributed by atoms with Crippen LogP contribution in [-0.4, -0.2) is 31.3 Å². The molecule has 0 aliphatic rings. The molecule has 0 aliphatic carbocycles. The predicted octanol–water partition coefficient (Wildman–Crippen LogP) is 4.67. The number of carboxylic acids is 1. The van der Waals surface area contributed by atoms with Crippen molar-refractivity contribution in [3.8, 4) is 11.1 Å². The molecule has 0 radical (unpaired) electrons. The Morgan fingerprint density at radius 3 is 2.07 bits per heavy atom. The SMILES string of the molecule is O=C(O)C(CSCc1ccccc1)NS(=O)(=O)c1ccc(-c2ccc(Cl)cc2)cc1. The van der Waals surface area contributed by atoms with E-state index in [1.165, 1.54) is 23.9 Å². The van der Waals surface area contributed by atoms with Crippen molar-refractivity contribution in [3.05, 3.63) is 89.4 Å². The average molecular weight is 462 g/mol. The number of aliphatic carboxylic acids is 1. The van der Waals surface area contributed by atoms with Gasteiger partial charge in [-0.25, -0.2) is 8.42 Å². The number of benzene rings is 3. The lowest BCUT2D eigenvalue weighted by Crippen LogP contribution is -2.42. The van der Waals surface area contributed by atoms with Crippen LogP contribution in [0.5, 0.6) is 0 Å². The second-order valence-electron chi connectivity index (χ2n) is 6.54. The Kier molecular flexibility index (Phi) is 7.55. The van der Waals surface area contributed by atoms with Crippen molar-refractivity contribution >= 4 is 39.4 Å². The Morgan fingerprint density at radius 2 is 1.50 bits per heavy atom. The molecule has 3 aromatic rings. The lowest BCUT2D eigenvalue weighted by atomic mass is 10.1. The van der Waals surface area contributed by atoms with Gasteiger partial charge in [0.25, 0.3) is 0 Å². The first kappa shape index (κ1) is 22.4. The number of hydrogen-bond acceptors (Lipinski definition) is 4. The Labute approximate surface area is 185 Å². The van der Waals surface area contributed by atoms with Crippen molar-refractivity contribution in [2.24, 2.45) is 0 Å². The molecular weight excluding hydrogens is 442 g/mol. The summed E-state index contributed by atoms with van der Waals surface area (Å²) in [7, 11) is -3.97. The van der Waals surface area contributed by atoms with Crippen LogP contribution in [0.25, 0.3) is 11.1 Å². The zero-order valence-electron chi connectivity index (χ0n) is 15.9. The highest BCUT2D eigenvalue weighted by Crippen LogP contribution is 2.23. The smallest absolute Gasteiger partial charge is 0.322 e. The van der Waals surface area contributed by atoms with Crippen molar-refractivity contribution < 1.29 is 18.3 Å². The highest BCUT2D eigenvalue weighted by molar-refractivity contribution is 7.98. The molecule has 5 nitrogen and oxygen atoms in total. The van der Waals surface area contributed by atoms with E-state index in [9.17, 15) is 18.3 Å². The van der Waals surface area contributed by atoms with Gasteiger partial charge in [0.05, 0.1) is 4.90 Å². The summed E-state index contributed by atoms with van der Waals surface area (Å²) < 4.78 is 27.6. The minimum atomic E-state index is -3.97. The molecule has 0 amide bonds. The van der Waals surface area contributed by atoms with Crippen LogP contribution >= 0.6 is 23.4 Å². The summed E-state index contributed by atoms with van der Waals surface area (Å²) in [4.78, 5) is 11.6. The van der Waals surface area contributed by atoms with Crippen molar-refractivity contribution in [1.82, 2.24) is 4.72 Å². The molecule has 0 saturated carbocycles. The molecule has 8 heteroatoms. The molecule has 0 aliphatic heterocycles. The second-order valence-corrected chi connectivity index (χ2v) is 9.72. The average Bonchev–Trinajstić information content (AvgIpc) is 2.74. The van der Waals surface area contributed by atoms with Crippen LogP contribution in [0.1, 0.15) is 5.56 Å². The molecule has 156 valence electrons. The van der Waals surface area contributed by atoms with Gasteiger partial charge < -0.3 is 5.11 Å². The standard InChI is InChI=1S/C22H20ClNO4S2/c23-19-10-6-17(7-11-19)18-8-12-20(13-9-18)30(27,28)24-21(22(25)26)15-29-14-16-4-2-1-3-5-16/h1-13,21,24H,14-15H2,(H,25,26). The summed E-state index contributed by atoms with van der Waals surface area (Å²) in [6.07, 6.45) is 0. The van der Waals surface area contributed by atoms with Gasteiger partial charge in [0.1, 0.15) is 6.04 Å². The van der Waals surface area contributed by atoms with E-state index in [-0.39, 0.29) is 10.6 Å². The third kappa shape index (κ3) is 6.09. The molecule has 0 heterocycles. The Bertz CT molecular complexity index is 1090. The molecule has 0 spiro atoms. The fraction of sp³-hybridized carbons (Fsp3) is 0.136. The summed E-state index contributed by atoms with van der Waals surface area (Å²) in [5.74, 6) is -0.494. The van der Waals surface area contributed by atoms with Gasteiger partial charge in [0, 0.05) is 16.5 Å². The van der Waals surface area contributed by atoms with E-state index in [0.29, 0.717) is 10.8 Å². The number of thioether (sulfide) groups is 1. The van der Waals surface area contributed by atoms with Crippen molar-refractivity contribution in [2.75, 3.05) is 5.75 Å². The summed E-state index contributed by atoms with van der Waals surface area (Å²) in [5.41, 5.74) is 2.78. The van der Waals surface area contributed by atoms with E-state index < -0.39 is 22.0 Å². The summed E-state index contributed by atoms with van der Waals surface area (Å²) in [6.45, 7) is 0. The molecule has 1 unspecified atom stereocenters. The number of carbonyl (C=O) groups is 1. The molecular formula is C22H20ClNO4S2. The van der Waals surface area contributed by atoms with E-state index in [1.807, 2.05) is 42.5 Å². The van der Waals surface area contributed by atoms with Crippen LogP contribution in [0.15, 0.2) is 83.8 Å². The minimum absolute atomic E-state index is 0.0134. The molecule has 1 atom stereocenters. The first-order valence-electron chi connectivity index (χ1n) is 9.08. The van der Waals surface area contributed by atoms with Crippen LogP contribution in [0, 0.1) is 0 Å². The number of halogens is 1. The molecule has 3 aromatic carbocycles. The Hall–Kier alpha value is -2.32. The lowest BCUT2D eigenvalue weighted by molar-refractivity contribution is -0.138. The van der Waals surface area contributed by atoms with E-state index in [2.05, 4.69) is 4.72 Å². The van der Waals surface area contributed by atoms with Gasteiger partial charge in [-0.1, -0.05) is 66.2 Å². The molecule has 0 aromatic heterocycles. The van der Waals surface area contributed by atoms with Gasteiger partial charge in [-0.05, 0) is 41.0 Å². The minimum Gasteiger partial charge on any atom is -0.480 e. The Morgan fingerprint density at radius 1 is 0.933 bits per heavy atom. The molecule has 30 heavy (non-hydrogen) atoms. The molecule has 0 bridgehead atoms. The zero-order valence-corrected chi connectivity index (χ0v) is 18.3. The van der Waals surface area contributed by atoms with Gasteiger partial charge in [-0.2, -0.15) is 16.5 Å². The maximum absolute atomic E-state index is 12.7. The summed E-state index contributed by atoms with van der Waals surface area (Å²) in [5, 5.41) is 10.1. The first-order valence-corrected chi connectivity index (χ1v) is 12.1. The number of rotatable bonds is 9. The second kappa shape index (κ2) is 10.1. The number of carboxylic acid groups (broad SMARTS) is 1. The van der Waals surface area contributed by atoms with Gasteiger partial charge in [-0.15, -0.1) is 0 Å². The number of hydrogen-bond donors (Lipinski definition) is 2. The third-order valence-electron chi connectivity index (χ3n) is 4.33. The van der Waals surface area contributed by atoms with Crippen molar-refractivity contribution in [3.63, 3.8) is 0 Å². The lowest BCUT2D eigenvalue weighted by Gasteiger charge is -2.15. The summed E-state index contributed by atoms with van der Waals surface area (Å²) >= 11 is 7.25. The Balaban J connectivity index is 1.66. The van der Waals surface area contributed by atoms with E-state index in [1.54, 1.807) is 24.3 Å². The highest BCUT2D eigenvalue weighted by Gasteiger charge is 2.25. The first-order chi connectivity index (χ1) is 14.3. The monoisotopic (exact) mass is 461 g/mol. The van der Waals surface area contributed by atoms with Gasteiger partial charge in [0.2, 0.25) is 10.0 Å². The normalized spacial score (nSPS) is 12.4. The van der Waals surface area contributed by atoms with Crippen molar-refractivity contribution in [2.45, 2.75) is 16.7 Å². The molecule has 0 fully saturated rings. The van der Waals surface area contributed by atoms with E-state index in [0.717, 1.165) is 16.7 Å². The molecule has 3 rings (SSSR count). The van der Waals surface area contributed by atoms with Crippen LogP contribution in [0.3, 0.4) is 0 Å².